The quantitative estimate of drug-likeness (QED) is 0.809. The molecule has 2 heterocycles. The van der Waals surface area contributed by atoms with Gasteiger partial charge in [-0.1, -0.05) is 5.16 Å². The number of aryl methyl sites for hydroxylation is 2. The molecule has 1 amide bonds. The molecule has 0 bridgehead atoms. The highest BCUT2D eigenvalue weighted by atomic mass is 16.5. The molecule has 6 nitrogen and oxygen atoms in total. The molecule has 1 N–H and O–H groups in total. The Hall–Kier alpha value is -1.40. The first kappa shape index (κ1) is 17.0. The molecule has 2 rings (SSSR count). The first-order valence-electron chi connectivity index (χ1n) is 7.95. The van der Waals surface area contributed by atoms with Crippen molar-refractivity contribution in [3.63, 3.8) is 0 Å². The number of ether oxygens (including phenoxy) is 1. The molecule has 1 fully saturated rings. The number of carbonyl (C=O) groups excluding carboxylic acids is 1. The van der Waals surface area contributed by atoms with Crippen molar-refractivity contribution in [2.75, 3.05) is 26.8 Å². The van der Waals surface area contributed by atoms with Gasteiger partial charge in [-0.25, -0.2) is 0 Å². The Labute approximate surface area is 132 Å². The minimum absolute atomic E-state index is 0.0496. The molecule has 22 heavy (non-hydrogen) atoms. The molecule has 1 aliphatic heterocycles. The maximum absolute atomic E-state index is 12.2. The van der Waals surface area contributed by atoms with E-state index >= 15 is 0 Å². The van der Waals surface area contributed by atoms with Crippen molar-refractivity contribution in [1.29, 1.82) is 0 Å². The minimum Gasteiger partial charge on any atom is -0.383 e. The summed E-state index contributed by atoms with van der Waals surface area (Å²) in [5.41, 5.74) is 2.09. The molecular formula is C16H27N3O3. The summed E-state index contributed by atoms with van der Waals surface area (Å²) in [5, 5.41) is 6.96. The zero-order valence-electron chi connectivity index (χ0n) is 14.0. The molecule has 1 aromatic heterocycles. The van der Waals surface area contributed by atoms with Crippen LogP contribution in [-0.4, -0.2) is 48.8 Å². The standard InChI is InChI=1S/C16H27N3O3/c1-11-5-6-14(16(20)17-7-8-21-4)9-19(11)10-15-12(2)18-22-13(15)3/h11,14H,5-10H2,1-4H3,(H,17,20). The number of rotatable bonds is 6. The Morgan fingerprint density at radius 1 is 1.45 bits per heavy atom. The molecule has 6 heteroatoms. The molecule has 0 radical (unpaired) electrons. The number of nitrogens with zero attached hydrogens (tertiary/aromatic N) is 2. The second kappa shape index (κ2) is 7.74. The van der Waals surface area contributed by atoms with Crippen molar-refractivity contribution in [1.82, 2.24) is 15.4 Å². The van der Waals surface area contributed by atoms with E-state index in [1.165, 1.54) is 0 Å². The van der Waals surface area contributed by atoms with E-state index in [1.54, 1.807) is 7.11 Å². The van der Waals surface area contributed by atoms with Crippen LogP contribution in [0.25, 0.3) is 0 Å². The number of hydrogen-bond donors (Lipinski definition) is 1. The molecule has 1 aliphatic rings. The van der Waals surface area contributed by atoms with E-state index in [2.05, 4.69) is 22.3 Å². The smallest absolute Gasteiger partial charge is 0.224 e. The van der Waals surface area contributed by atoms with Crippen LogP contribution >= 0.6 is 0 Å². The minimum atomic E-state index is 0.0496. The fraction of sp³-hybridized carbons (Fsp3) is 0.750. The van der Waals surface area contributed by atoms with Gasteiger partial charge in [-0.2, -0.15) is 0 Å². The van der Waals surface area contributed by atoms with Gasteiger partial charge in [0.1, 0.15) is 5.76 Å². The third kappa shape index (κ3) is 4.08. The fourth-order valence-corrected chi connectivity index (χ4v) is 2.97. The van der Waals surface area contributed by atoms with Gasteiger partial charge < -0.3 is 14.6 Å². The molecule has 2 unspecified atom stereocenters. The first-order chi connectivity index (χ1) is 10.5. The highest BCUT2D eigenvalue weighted by Gasteiger charge is 2.30. The summed E-state index contributed by atoms with van der Waals surface area (Å²) >= 11 is 0. The van der Waals surface area contributed by atoms with E-state index in [9.17, 15) is 4.79 Å². The zero-order chi connectivity index (χ0) is 16.1. The van der Waals surface area contributed by atoms with E-state index in [0.29, 0.717) is 19.2 Å². The Morgan fingerprint density at radius 3 is 2.86 bits per heavy atom. The molecule has 0 aliphatic carbocycles. The number of methoxy groups -OCH3 is 1. The van der Waals surface area contributed by atoms with Gasteiger partial charge in [0.2, 0.25) is 5.91 Å². The SMILES string of the molecule is COCCNC(=O)C1CCC(C)N(Cc2c(C)noc2C)C1. The van der Waals surface area contributed by atoms with Crippen LogP contribution in [-0.2, 0) is 16.1 Å². The highest BCUT2D eigenvalue weighted by Crippen LogP contribution is 2.25. The monoisotopic (exact) mass is 309 g/mol. The van der Waals surface area contributed by atoms with Crippen LogP contribution < -0.4 is 5.32 Å². The number of aromatic nitrogens is 1. The van der Waals surface area contributed by atoms with Crippen molar-refractivity contribution in [3.05, 3.63) is 17.0 Å². The van der Waals surface area contributed by atoms with Crippen molar-refractivity contribution in [3.8, 4) is 0 Å². The van der Waals surface area contributed by atoms with Crippen LogP contribution in [0.2, 0.25) is 0 Å². The number of amides is 1. The molecule has 0 spiro atoms. The largest absolute Gasteiger partial charge is 0.383 e. The normalized spacial score (nSPS) is 22.7. The van der Waals surface area contributed by atoms with E-state index in [0.717, 1.165) is 42.9 Å². The Balaban J connectivity index is 1.95. The van der Waals surface area contributed by atoms with Gasteiger partial charge in [-0.15, -0.1) is 0 Å². The third-order valence-electron chi connectivity index (χ3n) is 4.53. The van der Waals surface area contributed by atoms with Crippen molar-refractivity contribution in [2.45, 2.75) is 46.2 Å². The average molecular weight is 309 g/mol. The number of carbonyl (C=O) groups is 1. The summed E-state index contributed by atoms with van der Waals surface area (Å²) in [5.74, 6) is 1.05. The van der Waals surface area contributed by atoms with E-state index in [1.807, 2.05) is 13.8 Å². The van der Waals surface area contributed by atoms with Crippen LogP contribution in [0, 0.1) is 19.8 Å². The summed E-state index contributed by atoms with van der Waals surface area (Å²) in [6.45, 7) is 8.84. The predicted molar refractivity (Wildman–Crippen MR) is 83.5 cm³/mol. The maximum Gasteiger partial charge on any atom is 0.224 e. The lowest BCUT2D eigenvalue weighted by atomic mass is 9.92. The van der Waals surface area contributed by atoms with Gasteiger partial charge in [0, 0.05) is 38.3 Å². The molecule has 1 saturated heterocycles. The van der Waals surface area contributed by atoms with Gasteiger partial charge in [-0.3, -0.25) is 9.69 Å². The van der Waals surface area contributed by atoms with Gasteiger partial charge in [0.15, 0.2) is 0 Å². The fourth-order valence-electron chi connectivity index (χ4n) is 2.97. The topological polar surface area (TPSA) is 67.6 Å². The Kier molecular flexibility index (Phi) is 5.97. The first-order valence-corrected chi connectivity index (χ1v) is 7.95. The van der Waals surface area contributed by atoms with Crippen molar-refractivity contribution in [2.24, 2.45) is 5.92 Å². The third-order valence-corrected chi connectivity index (χ3v) is 4.53. The second-order valence-electron chi connectivity index (χ2n) is 6.14. The summed E-state index contributed by atoms with van der Waals surface area (Å²) < 4.78 is 10.2. The average Bonchev–Trinajstić information content (AvgIpc) is 2.81. The van der Waals surface area contributed by atoms with Crippen molar-refractivity contribution < 1.29 is 14.1 Å². The summed E-state index contributed by atoms with van der Waals surface area (Å²) in [6, 6.07) is 0.469. The van der Waals surface area contributed by atoms with E-state index < -0.39 is 0 Å². The lowest BCUT2D eigenvalue weighted by Crippen LogP contribution is -2.47. The van der Waals surface area contributed by atoms with Gasteiger partial charge in [0.25, 0.3) is 0 Å². The van der Waals surface area contributed by atoms with E-state index in [4.69, 9.17) is 9.26 Å². The van der Waals surface area contributed by atoms with Crippen LogP contribution in [0.3, 0.4) is 0 Å². The maximum atomic E-state index is 12.2. The predicted octanol–water partition coefficient (Wildman–Crippen LogP) is 1.65. The van der Waals surface area contributed by atoms with Crippen molar-refractivity contribution >= 4 is 5.91 Å². The molecule has 1 aromatic rings. The Bertz CT molecular complexity index is 481. The number of likely N-dealkylation sites (tertiary alicyclic amines) is 1. The lowest BCUT2D eigenvalue weighted by Gasteiger charge is -2.37. The van der Waals surface area contributed by atoms with E-state index in [-0.39, 0.29) is 11.8 Å². The van der Waals surface area contributed by atoms with Gasteiger partial charge in [-0.05, 0) is 33.6 Å². The summed E-state index contributed by atoms with van der Waals surface area (Å²) in [6.07, 6.45) is 1.98. The molecular weight excluding hydrogens is 282 g/mol. The van der Waals surface area contributed by atoms with Gasteiger partial charge in [0.05, 0.1) is 18.2 Å². The molecule has 124 valence electrons. The summed E-state index contributed by atoms with van der Waals surface area (Å²) in [4.78, 5) is 14.6. The number of nitrogens with one attached hydrogen (secondary N) is 1. The van der Waals surface area contributed by atoms with Crippen LogP contribution in [0.5, 0.6) is 0 Å². The number of hydrogen-bond acceptors (Lipinski definition) is 5. The van der Waals surface area contributed by atoms with Crippen LogP contribution in [0.15, 0.2) is 4.52 Å². The summed E-state index contributed by atoms with van der Waals surface area (Å²) in [7, 11) is 1.64. The zero-order valence-corrected chi connectivity index (χ0v) is 14.0. The Morgan fingerprint density at radius 2 is 2.23 bits per heavy atom. The van der Waals surface area contributed by atoms with Crippen LogP contribution in [0.1, 0.15) is 36.8 Å². The van der Waals surface area contributed by atoms with Crippen LogP contribution in [0.4, 0.5) is 0 Å². The molecule has 0 saturated carbocycles. The molecule has 0 aromatic carbocycles. The number of piperidine rings is 1. The highest BCUT2D eigenvalue weighted by molar-refractivity contribution is 5.78. The lowest BCUT2D eigenvalue weighted by molar-refractivity contribution is -0.127. The second-order valence-corrected chi connectivity index (χ2v) is 6.14. The van der Waals surface area contributed by atoms with Gasteiger partial charge >= 0.3 is 0 Å². The molecule has 2 atom stereocenters.